The van der Waals surface area contributed by atoms with Crippen molar-refractivity contribution in [2.75, 3.05) is 6.61 Å². The number of ether oxygens (including phenoxy) is 1. The summed E-state index contributed by atoms with van der Waals surface area (Å²) in [5.41, 5.74) is 1.82. The zero-order valence-electron chi connectivity index (χ0n) is 20.3. The molecule has 3 aromatic carbocycles. The molecule has 1 aliphatic rings. The van der Waals surface area contributed by atoms with Gasteiger partial charge in [0.05, 0.1) is 5.02 Å². The first-order valence-corrected chi connectivity index (χ1v) is 13.5. The van der Waals surface area contributed by atoms with Crippen LogP contribution in [0.5, 0.6) is 5.75 Å². The molecule has 0 aromatic heterocycles. The highest BCUT2D eigenvalue weighted by Gasteiger charge is 2.32. The Hall–Kier alpha value is -2.73. The number of hydrogen-bond donors (Lipinski definition) is 1. The van der Waals surface area contributed by atoms with E-state index in [4.69, 9.17) is 39.5 Å². The zero-order chi connectivity index (χ0) is 26.2. The molecule has 0 spiro atoms. The van der Waals surface area contributed by atoms with Crippen LogP contribution >= 0.6 is 34.8 Å². The lowest BCUT2D eigenvalue weighted by atomic mass is 10.0. The molecule has 8 heteroatoms. The minimum atomic E-state index is -0.726. The van der Waals surface area contributed by atoms with Crippen LogP contribution in [0.2, 0.25) is 15.1 Å². The van der Waals surface area contributed by atoms with Crippen molar-refractivity contribution in [3.63, 3.8) is 0 Å². The number of rotatable bonds is 10. The zero-order valence-corrected chi connectivity index (χ0v) is 22.6. The molecule has 1 aliphatic carbocycles. The van der Waals surface area contributed by atoms with Gasteiger partial charge >= 0.3 is 0 Å². The standard InChI is InChI=1S/C29H29Cl3N2O3/c30-22-12-10-21(11-13-22)18-34(28(35)19-37-27-15-14-23(31)17-25(27)32)26(16-20-6-2-1-3-7-20)29(36)33-24-8-4-5-9-24/h1-3,6-7,10-15,17,24,26H,4-5,8-9,16,18-19H2,(H,33,36)/t26-/m0/s1. The lowest BCUT2D eigenvalue weighted by molar-refractivity contribution is -0.143. The van der Waals surface area contributed by atoms with E-state index < -0.39 is 6.04 Å². The van der Waals surface area contributed by atoms with Crippen LogP contribution in [-0.4, -0.2) is 35.4 Å². The van der Waals surface area contributed by atoms with Gasteiger partial charge in [0.15, 0.2) is 6.61 Å². The van der Waals surface area contributed by atoms with Gasteiger partial charge in [0.1, 0.15) is 11.8 Å². The van der Waals surface area contributed by atoms with Gasteiger partial charge in [-0.2, -0.15) is 0 Å². The molecule has 4 rings (SSSR count). The molecule has 1 saturated carbocycles. The number of benzene rings is 3. The van der Waals surface area contributed by atoms with Crippen LogP contribution in [0.25, 0.3) is 0 Å². The van der Waals surface area contributed by atoms with E-state index >= 15 is 0 Å². The number of nitrogens with zero attached hydrogens (tertiary/aromatic N) is 1. The molecule has 0 bridgehead atoms. The molecule has 0 saturated heterocycles. The largest absolute Gasteiger partial charge is 0.482 e. The Morgan fingerprint density at radius 1 is 0.892 bits per heavy atom. The summed E-state index contributed by atoms with van der Waals surface area (Å²) in [4.78, 5) is 28.9. The molecule has 194 valence electrons. The van der Waals surface area contributed by atoms with Crippen molar-refractivity contribution in [1.29, 1.82) is 0 Å². The topological polar surface area (TPSA) is 58.6 Å². The second-order valence-corrected chi connectivity index (χ2v) is 10.5. The van der Waals surface area contributed by atoms with Gasteiger partial charge in [-0.3, -0.25) is 9.59 Å². The molecule has 0 aliphatic heterocycles. The molecule has 37 heavy (non-hydrogen) atoms. The summed E-state index contributed by atoms with van der Waals surface area (Å²) in [6.45, 7) is -0.0553. The number of carbonyl (C=O) groups is 2. The van der Waals surface area contributed by atoms with Crippen LogP contribution in [0, 0.1) is 0 Å². The van der Waals surface area contributed by atoms with Gasteiger partial charge < -0.3 is 15.0 Å². The number of amides is 2. The van der Waals surface area contributed by atoms with E-state index in [1.54, 1.807) is 35.2 Å². The van der Waals surface area contributed by atoms with Gasteiger partial charge in [0.25, 0.3) is 5.91 Å². The maximum Gasteiger partial charge on any atom is 0.261 e. The predicted molar refractivity (Wildman–Crippen MR) is 148 cm³/mol. The van der Waals surface area contributed by atoms with E-state index in [-0.39, 0.29) is 31.0 Å². The summed E-state index contributed by atoms with van der Waals surface area (Å²) in [5, 5.41) is 4.57. The van der Waals surface area contributed by atoms with E-state index in [0.717, 1.165) is 36.8 Å². The Kier molecular flexibility index (Phi) is 9.73. The normalized spacial score (nSPS) is 14.2. The molecule has 5 nitrogen and oxygen atoms in total. The third kappa shape index (κ3) is 7.88. The lowest BCUT2D eigenvalue weighted by Gasteiger charge is -2.32. The molecule has 1 fully saturated rings. The second-order valence-electron chi connectivity index (χ2n) is 9.21. The SMILES string of the molecule is O=C(NC1CCCC1)[C@H](Cc1ccccc1)N(Cc1ccc(Cl)cc1)C(=O)COc1ccc(Cl)cc1Cl. The minimum absolute atomic E-state index is 0.127. The number of halogens is 3. The molecule has 0 heterocycles. The first-order valence-electron chi connectivity index (χ1n) is 12.3. The molecule has 0 radical (unpaired) electrons. The van der Waals surface area contributed by atoms with Crippen molar-refractivity contribution in [2.45, 2.75) is 50.7 Å². The summed E-state index contributed by atoms with van der Waals surface area (Å²) in [6.07, 6.45) is 4.47. The van der Waals surface area contributed by atoms with Crippen molar-refractivity contribution in [3.05, 3.63) is 99.0 Å². The summed E-state index contributed by atoms with van der Waals surface area (Å²) >= 11 is 18.3. The van der Waals surface area contributed by atoms with E-state index in [2.05, 4.69) is 5.32 Å². The molecule has 2 amide bonds. The van der Waals surface area contributed by atoms with Crippen molar-refractivity contribution >= 4 is 46.6 Å². The minimum Gasteiger partial charge on any atom is -0.482 e. The van der Waals surface area contributed by atoms with Crippen LogP contribution in [0.1, 0.15) is 36.8 Å². The Labute approximate surface area is 232 Å². The van der Waals surface area contributed by atoms with Crippen molar-refractivity contribution < 1.29 is 14.3 Å². The monoisotopic (exact) mass is 558 g/mol. The lowest BCUT2D eigenvalue weighted by Crippen LogP contribution is -2.53. The Morgan fingerprint density at radius 3 is 2.24 bits per heavy atom. The van der Waals surface area contributed by atoms with Crippen LogP contribution in [-0.2, 0) is 22.6 Å². The average Bonchev–Trinajstić information content (AvgIpc) is 3.40. The maximum absolute atomic E-state index is 13.7. The smallest absolute Gasteiger partial charge is 0.261 e. The molecular formula is C29H29Cl3N2O3. The summed E-state index contributed by atoms with van der Waals surface area (Å²) in [6, 6.07) is 21.2. The van der Waals surface area contributed by atoms with Crippen molar-refractivity contribution in [2.24, 2.45) is 0 Å². The fraction of sp³-hybridized carbons (Fsp3) is 0.310. The first kappa shape index (κ1) is 27.3. The first-order chi connectivity index (χ1) is 17.9. The van der Waals surface area contributed by atoms with Crippen LogP contribution in [0.4, 0.5) is 0 Å². The fourth-order valence-corrected chi connectivity index (χ4v) is 5.11. The fourth-order valence-electron chi connectivity index (χ4n) is 4.52. The van der Waals surface area contributed by atoms with E-state index in [1.807, 2.05) is 42.5 Å². The molecule has 1 atom stereocenters. The van der Waals surface area contributed by atoms with E-state index in [1.165, 1.54) is 0 Å². The van der Waals surface area contributed by atoms with Crippen molar-refractivity contribution in [3.8, 4) is 5.75 Å². The Morgan fingerprint density at radius 2 is 1.57 bits per heavy atom. The number of hydrogen-bond acceptors (Lipinski definition) is 3. The second kappa shape index (κ2) is 13.2. The van der Waals surface area contributed by atoms with Gasteiger partial charge in [-0.25, -0.2) is 0 Å². The van der Waals surface area contributed by atoms with E-state index in [9.17, 15) is 9.59 Å². The third-order valence-corrected chi connectivity index (χ3v) is 7.27. The van der Waals surface area contributed by atoms with Crippen LogP contribution in [0.3, 0.4) is 0 Å². The maximum atomic E-state index is 13.7. The molecule has 3 aromatic rings. The average molecular weight is 560 g/mol. The summed E-state index contributed by atoms with van der Waals surface area (Å²) in [7, 11) is 0. The molecular weight excluding hydrogens is 531 g/mol. The highest BCUT2D eigenvalue weighted by Crippen LogP contribution is 2.28. The Balaban J connectivity index is 1.61. The quantitative estimate of drug-likeness (QED) is 0.300. The summed E-state index contributed by atoms with van der Waals surface area (Å²) in [5.74, 6) is -0.146. The molecule has 1 N–H and O–H groups in total. The third-order valence-electron chi connectivity index (χ3n) is 6.48. The van der Waals surface area contributed by atoms with Crippen molar-refractivity contribution in [1.82, 2.24) is 10.2 Å². The van der Waals surface area contributed by atoms with Gasteiger partial charge in [-0.05, 0) is 54.3 Å². The van der Waals surface area contributed by atoms with E-state index in [0.29, 0.717) is 27.2 Å². The van der Waals surface area contributed by atoms with Crippen LogP contribution in [0.15, 0.2) is 72.8 Å². The van der Waals surface area contributed by atoms with Gasteiger partial charge in [0, 0.05) is 29.1 Å². The van der Waals surface area contributed by atoms with Gasteiger partial charge in [0.2, 0.25) is 5.91 Å². The highest BCUT2D eigenvalue weighted by atomic mass is 35.5. The predicted octanol–water partition coefficient (Wildman–Crippen LogP) is 6.72. The Bertz CT molecular complexity index is 1200. The number of carbonyl (C=O) groups excluding carboxylic acids is 2. The summed E-state index contributed by atoms with van der Waals surface area (Å²) < 4.78 is 5.77. The van der Waals surface area contributed by atoms with Gasteiger partial charge in [-0.15, -0.1) is 0 Å². The van der Waals surface area contributed by atoms with Gasteiger partial charge in [-0.1, -0.05) is 90.1 Å². The molecule has 0 unspecified atom stereocenters. The van der Waals surface area contributed by atoms with Crippen LogP contribution < -0.4 is 10.1 Å². The highest BCUT2D eigenvalue weighted by molar-refractivity contribution is 6.35. The number of nitrogens with one attached hydrogen (secondary N) is 1.